The Hall–Kier alpha value is -3.72. The first kappa shape index (κ1) is 22.1. The number of carbonyl (C=O) groups excluding carboxylic acids is 1. The van der Waals surface area contributed by atoms with Crippen molar-refractivity contribution in [1.82, 2.24) is 19.9 Å². The van der Waals surface area contributed by atoms with Crippen LogP contribution in [0.25, 0.3) is 11.3 Å². The Morgan fingerprint density at radius 2 is 1.91 bits per heavy atom. The molecule has 1 aliphatic carbocycles. The van der Waals surface area contributed by atoms with Crippen LogP contribution in [-0.4, -0.2) is 71.8 Å². The second-order valence-electron chi connectivity index (χ2n) is 8.76. The molecular weight excluding hydrogens is 434 g/mol. The molecule has 1 saturated carbocycles. The summed E-state index contributed by atoms with van der Waals surface area (Å²) >= 11 is 0. The van der Waals surface area contributed by atoms with E-state index in [1.54, 1.807) is 39.7 Å². The maximum Gasteiger partial charge on any atom is 0.253 e. The Labute approximate surface area is 198 Å². The van der Waals surface area contributed by atoms with Crippen LogP contribution in [-0.2, 0) is 5.41 Å². The number of likely N-dealkylation sites (N-methyl/N-ethyl adjacent to an activating group) is 1. The first-order valence-electron chi connectivity index (χ1n) is 11.2. The smallest absolute Gasteiger partial charge is 0.253 e. The van der Waals surface area contributed by atoms with Gasteiger partial charge >= 0.3 is 0 Å². The Bertz CT molecular complexity index is 1200. The maximum atomic E-state index is 12.8. The van der Waals surface area contributed by atoms with Gasteiger partial charge in [-0.05, 0) is 30.5 Å². The SMILES string of the molecule is COc1cc(OC)nc(-c2cnc(N3CC4(CC4)c4ccc(C(=O)N(C)CCO)cc43)nc2)c1. The Kier molecular flexibility index (Phi) is 5.57. The molecule has 1 aromatic carbocycles. The average Bonchev–Trinajstić information content (AvgIpc) is 3.59. The highest BCUT2D eigenvalue weighted by atomic mass is 16.5. The molecular formula is C25H27N5O4. The van der Waals surface area contributed by atoms with Crippen LogP contribution < -0.4 is 14.4 Å². The zero-order chi connectivity index (χ0) is 23.9. The zero-order valence-corrected chi connectivity index (χ0v) is 19.5. The van der Waals surface area contributed by atoms with E-state index < -0.39 is 0 Å². The Morgan fingerprint density at radius 1 is 1.15 bits per heavy atom. The van der Waals surface area contributed by atoms with Crippen molar-refractivity contribution >= 4 is 17.5 Å². The number of aromatic nitrogens is 3. The predicted molar refractivity (Wildman–Crippen MR) is 127 cm³/mol. The van der Waals surface area contributed by atoms with E-state index in [-0.39, 0.29) is 24.5 Å². The lowest BCUT2D eigenvalue weighted by Gasteiger charge is -2.19. The van der Waals surface area contributed by atoms with E-state index in [1.165, 1.54) is 10.5 Å². The third-order valence-electron chi connectivity index (χ3n) is 6.60. The Morgan fingerprint density at radius 3 is 2.56 bits per heavy atom. The van der Waals surface area contributed by atoms with Crippen LogP contribution in [0.5, 0.6) is 11.6 Å². The number of hydrogen-bond donors (Lipinski definition) is 1. The molecule has 9 heteroatoms. The van der Waals surface area contributed by atoms with Crippen molar-refractivity contribution in [3.63, 3.8) is 0 Å². The third-order valence-corrected chi connectivity index (χ3v) is 6.60. The molecule has 1 spiro atoms. The van der Waals surface area contributed by atoms with E-state index in [2.05, 4.69) is 25.9 Å². The van der Waals surface area contributed by atoms with Gasteiger partial charge in [-0.3, -0.25) is 4.79 Å². The average molecular weight is 462 g/mol. The van der Waals surface area contributed by atoms with E-state index in [1.807, 2.05) is 18.2 Å². The number of anilines is 2. The minimum atomic E-state index is -0.122. The summed E-state index contributed by atoms with van der Waals surface area (Å²) in [6.45, 7) is 1.00. The molecule has 3 aromatic rings. The largest absolute Gasteiger partial charge is 0.496 e. The summed E-state index contributed by atoms with van der Waals surface area (Å²) in [6.07, 6.45) is 5.70. The van der Waals surface area contributed by atoms with Crippen LogP contribution in [0.1, 0.15) is 28.8 Å². The summed E-state index contributed by atoms with van der Waals surface area (Å²) in [7, 11) is 4.84. The van der Waals surface area contributed by atoms with Gasteiger partial charge < -0.3 is 24.4 Å². The van der Waals surface area contributed by atoms with Crippen molar-refractivity contribution in [1.29, 1.82) is 0 Å². The number of benzene rings is 1. The summed E-state index contributed by atoms with van der Waals surface area (Å²) < 4.78 is 10.6. The molecule has 1 fully saturated rings. The summed E-state index contributed by atoms with van der Waals surface area (Å²) in [5.74, 6) is 1.55. The summed E-state index contributed by atoms with van der Waals surface area (Å²) in [4.78, 5) is 30.2. The van der Waals surface area contributed by atoms with Gasteiger partial charge in [-0.15, -0.1) is 0 Å². The molecule has 3 heterocycles. The van der Waals surface area contributed by atoms with Gasteiger partial charge in [-0.1, -0.05) is 6.07 Å². The normalized spacial score (nSPS) is 15.2. The van der Waals surface area contributed by atoms with Gasteiger partial charge in [0.2, 0.25) is 11.8 Å². The van der Waals surface area contributed by atoms with E-state index in [0.717, 1.165) is 30.6 Å². The molecule has 1 N–H and O–H groups in total. The highest BCUT2D eigenvalue weighted by Crippen LogP contribution is 2.57. The number of aliphatic hydroxyl groups excluding tert-OH is 1. The first-order valence-corrected chi connectivity index (χ1v) is 11.2. The second kappa shape index (κ2) is 8.57. The van der Waals surface area contributed by atoms with Crippen molar-refractivity contribution < 1.29 is 19.4 Å². The fourth-order valence-corrected chi connectivity index (χ4v) is 4.48. The summed E-state index contributed by atoms with van der Waals surface area (Å²) in [5.41, 5.74) is 4.30. The van der Waals surface area contributed by atoms with Gasteiger partial charge in [-0.2, -0.15) is 0 Å². The third kappa shape index (κ3) is 3.81. The number of carbonyl (C=O) groups is 1. The number of amides is 1. The highest BCUT2D eigenvalue weighted by molar-refractivity contribution is 5.96. The molecule has 0 atom stereocenters. The van der Waals surface area contributed by atoms with Gasteiger partial charge in [0, 0.05) is 66.9 Å². The number of fused-ring (bicyclic) bond motifs is 2. The number of pyridine rings is 1. The van der Waals surface area contributed by atoms with Crippen molar-refractivity contribution in [2.24, 2.45) is 0 Å². The van der Waals surface area contributed by atoms with E-state index in [0.29, 0.717) is 28.8 Å². The number of methoxy groups -OCH3 is 2. The molecule has 34 heavy (non-hydrogen) atoms. The van der Waals surface area contributed by atoms with Crippen LogP contribution in [0.3, 0.4) is 0 Å². The molecule has 1 aliphatic heterocycles. The lowest BCUT2D eigenvalue weighted by Crippen LogP contribution is -2.29. The van der Waals surface area contributed by atoms with E-state index in [9.17, 15) is 9.90 Å². The minimum Gasteiger partial charge on any atom is -0.496 e. The molecule has 0 unspecified atom stereocenters. The van der Waals surface area contributed by atoms with Crippen LogP contribution in [0.2, 0.25) is 0 Å². The monoisotopic (exact) mass is 461 g/mol. The van der Waals surface area contributed by atoms with Crippen LogP contribution in [0.4, 0.5) is 11.6 Å². The fourth-order valence-electron chi connectivity index (χ4n) is 4.48. The topological polar surface area (TPSA) is 101 Å². The number of ether oxygens (including phenoxy) is 2. The maximum absolute atomic E-state index is 12.8. The van der Waals surface area contributed by atoms with Crippen molar-refractivity contribution in [2.45, 2.75) is 18.3 Å². The van der Waals surface area contributed by atoms with Gasteiger partial charge in [0.05, 0.1) is 26.5 Å². The molecule has 2 aromatic heterocycles. The molecule has 5 rings (SSSR count). The van der Waals surface area contributed by atoms with E-state index >= 15 is 0 Å². The van der Waals surface area contributed by atoms with Gasteiger partial charge in [-0.25, -0.2) is 15.0 Å². The minimum absolute atomic E-state index is 0.0728. The molecule has 176 valence electrons. The lowest BCUT2D eigenvalue weighted by molar-refractivity contribution is 0.0767. The van der Waals surface area contributed by atoms with Gasteiger partial charge in [0.25, 0.3) is 5.91 Å². The van der Waals surface area contributed by atoms with Crippen LogP contribution in [0, 0.1) is 0 Å². The second-order valence-corrected chi connectivity index (χ2v) is 8.76. The van der Waals surface area contributed by atoms with Gasteiger partial charge in [0.15, 0.2) is 0 Å². The lowest BCUT2D eigenvalue weighted by atomic mass is 9.97. The molecule has 1 amide bonds. The summed E-state index contributed by atoms with van der Waals surface area (Å²) in [6, 6.07) is 9.38. The molecule has 9 nitrogen and oxygen atoms in total. The van der Waals surface area contributed by atoms with Crippen molar-refractivity contribution in [3.05, 3.63) is 53.9 Å². The number of aliphatic hydroxyl groups is 1. The zero-order valence-electron chi connectivity index (χ0n) is 19.5. The Balaban J connectivity index is 1.47. The highest BCUT2D eigenvalue weighted by Gasteiger charge is 2.52. The molecule has 0 saturated heterocycles. The molecule has 0 radical (unpaired) electrons. The van der Waals surface area contributed by atoms with Crippen LogP contribution >= 0.6 is 0 Å². The standard InChI is InChI=1S/C25H27N5O4/c1-29(8-9-31)23(32)16-4-5-19-21(10-16)30(15-25(19)6-7-25)24-26-13-17(14-27-24)20-11-18(33-2)12-22(28-20)34-3/h4-5,10-14,31H,6-9,15H2,1-3H3. The molecule has 0 bridgehead atoms. The van der Waals surface area contributed by atoms with Gasteiger partial charge in [0.1, 0.15) is 5.75 Å². The quantitative estimate of drug-likeness (QED) is 0.573. The predicted octanol–water partition coefficient (Wildman–Crippen LogP) is 2.80. The van der Waals surface area contributed by atoms with Crippen molar-refractivity contribution in [2.75, 3.05) is 45.9 Å². The fraction of sp³-hybridized carbons (Fsp3) is 0.360. The van der Waals surface area contributed by atoms with E-state index in [4.69, 9.17) is 9.47 Å². The summed E-state index contributed by atoms with van der Waals surface area (Å²) in [5, 5.41) is 9.18. The number of hydrogen-bond acceptors (Lipinski definition) is 8. The van der Waals surface area contributed by atoms with Crippen molar-refractivity contribution in [3.8, 4) is 22.9 Å². The number of rotatable bonds is 7. The number of nitrogens with zero attached hydrogens (tertiary/aromatic N) is 5. The molecule has 2 aliphatic rings. The van der Waals surface area contributed by atoms with Crippen LogP contribution in [0.15, 0.2) is 42.7 Å². The first-order chi connectivity index (χ1) is 16.5.